The number of rotatable bonds is 4. The van der Waals surface area contributed by atoms with Gasteiger partial charge in [-0.2, -0.15) is 0 Å². The van der Waals surface area contributed by atoms with Crippen LogP contribution in [0.25, 0.3) is 11.7 Å². The summed E-state index contributed by atoms with van der Waals surface area (Å²) in [5.41, 5.74) is 0.925. The topological polar surface area (TPSA) is 62.6 Å². The Balaban J connectivity index is 1.78. The maximum Gasteiger partial charge on any atom is 0.263 e. The van der Waals surface area contributed by atoms with E-state index in [4.69, 9.17) is 8.83 Å². The van der Waals surface area contributed by atoms with E-state index in [1.165, 1.54) is 12.8 Å². The quantitative estimate of drug-likeness (QED) is 0.938. The molecule has 0 radical (unpaired) electrons. The molecule has 1 aliphatic heterocycles. The Morgan fingerprint density at radius 1 is 1.48 bits per heavy atom. The highest BCUT2D eigenvalue weighted by molar-refractivity contribution is 5.44. The molecule has 21 heavy (non-hydrogen) atoms. The Morgan fingerprint density at radius 2 is 2.33 bits per heavy atom. The first-order valence-electron chi connectivity index (χ1n) is 7.54. The summed E-state index contributed by atoms with van der Waals surface area (Å²) in [6, 6.07) is 3.87. The zero-order valence-corrected chi connectivity index (χ0v) is 12.6. The summed E-state index contributed by atoms with van der Waals surface area (Å²) in [5.74, 6) is 2.50. The molecule has 3 rings (SSSR count). The predicted octanol–water partition coefficient (Wildman–Crippen LogP) is 2.84. The molecule has 5 nitrogen and oxygen atoms in total. The Morgan fingerprint density at radius 3 is 3.05 bits per heavy atom. The van der Waals surface area contributed by atoms with E-state index in [1.807, 2.05) is 19.1 Å². The number of oxazole rings is 1. The number of likely N-dealkylation sites (tertiary alicyclic amines) is 1. The van der Waals surface area contributed by atoms with Crippen LogP contribution in [0.2, 0.25) is 0 Å². The van der Waals surface area contributed by atoms with Gasteiger partial charge in [0.2, 0.25) is 0 Å². The number of hydrogen-bond donors (Lipinski definition) is 1. The largest absolute Gasteiger partial charge is 0.459 e. The lowest BCUT2D eigenvalue weighted by atomic mass is 9.91. The maximum absolute atomic E-state index is 9.63. The molecule has 5 heteroatoms. The first-order valence-corrected chi connectivity index (χ1v) is 7.54. The molecule has 2 aromatic rings. The van der Waals surface area contributed by atoms with Gasteiger partial charge in [0, 0.05) is 12.6 Å². The normalized spacial score (nSPS) is 23.6. The van der Waals surface area contributed by atoms with Crippen molar-refractivity contribution in [3.8, 4) is 11.7 Å². The Labute approximate surface area is 124 Å². The predicted molar refractivity (Wildman–Crippen MR) is 78.6 cm³/mol. The highest BCUT2D eigenvalue weighted by Gasteiger charge is 2.29. The molecule has 1 fully saturated rings. The Kier molecular flexibility index (Phi) is 4.12. The van der Waals surface area contributed by atoms with Crippen molar-refractivity contribution in [2.24, 2.45) is 5.92 Å². The number of nitrogens with zero attached hydrogens (tertiary/aromatic N) is 2. The zero-order valence-electron chi connectivity index (χ0n) is 12.6. The van der Waals surface area contributed by atoms with E-state index >= 15 is 0 Å². The van der Waals surface area contributed by atoms with E-state index < -0.39 is 0 Å². The molecule has 1 aliphatic rings. The lowest BCUT2D eigenvalue weighted by molar-refractivity contribution is 0.0462. The highest BCUT2D eigenvalue weighted by atomic mass is 16.4. The van der Waals surface area contributed by atoms with Crippen LogP contribution >= 0.6 is 0 Å². The van der Waals surface area contributed by atoms with Gasteiger partial charge in [-0.3, -0.25) is 4.90 Å². The van der Waals surface area contributed by atoms with Gasteiger partial charge in [-0.05, 0) is 44.4 Å². The molecular formula is C16H22N2O3. The molecule has 0 aromatic carbocycles. The van der Waals surface area contributed by atoms with E-state index in [0.717, 1.165) is 18.0 Å². The number of aliphatic hydroxyl groups excluding tert-OH is 1. The van der Waals surface area contributed by atoms with Gasteiger partial charge in [0.05, 0.1) is 18.6 Å². The molecule has 0 spiro atoms. The minimum atomic E-state index is 0.198. The van der Waals surface area contributed by atoms with E-state index in [0.29, 0.717) is 24.1 Å². The van der Waals surface area contributed by atoms with Crippen LogP contribution in [0, 0.1) is 12.8 Å². The van der Waals surface area contributed by atoms with Crippen LogP contribution in [0.15, 0.2) is 27.2 Å². The molecule has 1 N–H and O–H groups in total. The third-order valence-corrected chi connectivity index (χ3v) is 4.40. The third kappa shape index (κ3) is 2.89. The van der Waals surface area contributed by atoms with Crippen LogP contribution in [-0.2, 0) is 6.54 Å². The van der Waals surface area contributed by atoms with E-state index in [2.05, 4.69) is 16.8 Å². The average molecular weight is 290 g/mol. The molecular weight excluding hydrogens is 268 g/mol. The lowest BCUT2D eigenvalue weighted by Crippen LogP contribution is -2.46. The van der Waals surface area contributed by atoms with Gasteiger partial charge in [0.1, 0.15) is 5.76 Å². The number of aromatic nitrogens is 1. The lowest BCUT2D eigenvalue weighted by Gasteiger charge is -2.38. The second-order valence-electron chi connectivity index (χ2n) is 5.84. The van der Waals surface area contributed by atoms with Gasteiger partial charge in [0.15, 0.2) is 5.76 Å². The van der Waals surface area contributed by atoms with Gasteiger partial charge >= 0.3 is 0 Å². The second kappa shape index (κ2) is 6.03. The van der Waals surface area contributed by atoms with Crippen LogP contribution in [0.4, 0.5) is 0 Å². The number of hydrogen-bond acceptors (Lipinski definition) is 5. The smallest absolute Gasteiger partial charge is 0.263 e. The summed E-state index contributed by atoms with van der Waals surface area (Å²) in [6.45, 7) is 6.04. The summed E-state index contributed by atoms with van der Waals surface area (Å²) in [7, 11) is 0. The number of aliphatic hydroxyl groups is 1. The second-order valence-corrected chi connectivity index (χ2v) is 5.84. The van der Waals surface area contributed by atoms with Crippen molar-refractivity contribution in [2.45, 2.75) is 39.3 Å². The van der Waals surface area contributed by atoms with E-state index in [9.17, 15) is 5.11 Å². The highest BCUT2D eigenvalue weighted by Crippen LogP contribution is 2.27. The maximum atomic E-state index is 9.63. The number of piperidine rings is 1. The van der Waals surface area contributed by atoms with Crippen LogP contribution in [0.5, 0.6) is 0 Å². The van der Waals surface area contributed by atoms with Gasteiger partial charge < -0.3 is 13.9 Å². The summed E-state index contributed by atoms with van der Waals surface area (Å²) < 4.78 is 11.0. The summed E-state index contributed by atoms with van der Waals surface area (Å²) in [5, 5.41) is 9.63. The molecule has 0 amide bonds. The van der Waals surface area contributed by atoms with E-state index in [-0.39, 0.29) is 12.6 Å². The number of furan rings is 1. The zero-order chi connectivity index (χ0) is 14.8. The van der Waals surface area contributed by atoms with Crippen LogP contribution < -0.4 is 0 Å². The van der Waals surface area contributed by atoms with Gasteiger partial charge in [-0.25, -0.2) is 4.98 Å². The monoisotopic (exact) mass is 290 g/mol. The van der Waals surface area contributed by atoms with Crippen molar-refractivity contribution < 1.29 is 13.9 Å². The Bertz CT molecular complexity index is 576. The summed E-state index contributed by atoms with van der Waals surface area (Å²) >= 11 is 0. The van der Waals surface area contributed by atoms with Gasteiger partial charge in [-0.1, -0.05) is 6.92 Å². The van der Waals surface area contributed by atoms with Crippen molar-refractivity contribution in [3.63, 3.8) is 0 Å². The van der Waals surface area contributed by atoms with Gasteiger partial charge in [0.25, 0.3) is 5.89 Å². The molecule has 1 saturated heterocycles. The molecule has 0 aliphatic carbocycles. The molecule has 2 atom stereocenters. The fraction of sp³-hybridized carbons (Fsp3) is 0.562. The molecule has 2 aromatic heterocycles. The van der Waals surface area contributed by atoms with Gasteiger partial charge in [-0.15, -0.1) is 0 Å². The van der Waals surface area contributed by atoms with Crippen molar-refractivity contribution in [3.05, 3.63) is 29.9 Å². The molecule has 0 saturated carbocycles. The SMILES string of the molecule is Cc1oc(-c2ccco2)nc1CN1CCCC(C)C1CO. The molecule has 114 valence electrons. The van der Waals surface area contributed by atoms with Crippen molar-refractivity contribution in [2.75, 3.05) is 13.2 Å². The van der Waals surface area contributed by atoms with Crippen molar-refractivity contribution in [1.82, 2.24) is 9.88 Å². The molecule has 0 bridgehead atoms. The first kappa shape index (κ1) is 14.4. The van der Waals surface area contributed by atoms with Crippen LogP contribution in [0.1, 0.15) is 31.2 Å². The minimum absolute atomic E-state index is 0.198. The van der Waals surface area contributed by atoms with Crippen LogP contribution in [-0.4, -0.2) is 34.2 Å². The van der Waals surface area contributed by atoms with Crippen LogP contribution in [0.3, 0.4) is 0 Å². The van der Waals surface area contributed by atoms with E-state index in [1.54, 1.807) is 6.26 Å². The first-order chi connectivity index (χ1) is 10.2. The minimum Gasteiger partial charge on any atom is -0.459 e. The average Bonchev–Trinajstić information content (AvgIpc) is 3.10. The standard InChI is InChI=1S/C16H22N2O3/c1-11-5-3-7-18(14(11)10-19)9-13-12(2)21-16(17-13)15-6-4-8-20-15/h4,6,8,11,14,19H,3,5,7,9-10H2,1-2H3. The number of aryl methyl sites for hydroxylation is 1. The fourth-order valence-corrected chi connectivity index (χ4v) is 3.10. The Hall–Kier alpha value is -1.59. The van der Waals surface area contributed by atoms with Crippen molar-refractivity contribution >= 4 is 0 Å². The fourth-order valence-electron chi connectivity index (χ4n) is 3.10. The third-order valence-electron chi connectivity index (χ3n) is 4.40. The summed E-state index contributed by atoms with van der Waals surface area (Å²) in [4.78, 5) is 6.87. The molecule has 2 unspecified atom stereocenters. The summed E-state index contributed by atoms with van der Waals surface area (Å²) in [6.07, 6.45) is 3.96. The molecule has 3 heterocycles. The van der Waals surface area contributed by atoms with Crippen molar-refractivity contribution in [1.29, 1.82) is 0 Å².